The van der Waals surface area contributed by atoms with Crippen molar-refractivity contribution in [3.8, 4) is 0 Å². The van der Waals surface area contributed by atoms with Gasteiger partial charge in [0.05, 0.1) is 5.56 Å². The number of hydrogen-bond donors (Lipinski definition) is 1. The molecular weight excluding hydrogens is 342 g/mol. The van der Waals surface area contributed by atoms with Gasteiger partial charge >= 0.3 is 5.97 Å². The molecule has 146 valence electrons. The monoisotopic (exact) mass is 371 g/mol. The van der Waals surface area contributed by atoms with E-state index in [-0.39, 0.29) is 11.4 Å². The van der Waals surface area contributed by atoms with Crippen LogP contribution in [0.5, 0.6) is 0 Å². The molecule has 0 aliphatic carbocycles. The maximum absolute atomic E-state index is 12.4. The number of benzene rings is 1. The van der Waals surface area contributed by atoms with E-state index in [9.17, 15) is 9.59 Å². The van der Waals surface area contributed by atoms with Crippen molar-refractivity contribution in [2.24, 2.45) is 0 Å². The highest BCUT2D eigenvalue weighted by Crippen LogP contribution is 2.32. The van der Waals surface area contributed by atoms with Crippen LogP contribution in [0.15, 0.2) is 36.9 Å². The lowest BCUT2D eigenvalue weighted by molar-refractivity contribution is -0.130. The van der Waals surface area contributed by atoms with Crippen LogP contribution >= 0.6 is 0 Å². The summed E-state index contributed by atoms with van der Waals surface area (Å²) in [6.07, 6.45) is 4.23. The van der Waals surface area contributed by atoms with Crippen molar-refractivity contribution in [3.63, 3.8) is 0 Å². The Hall–Kier alpha value is -2.18. The molecule has 1 N–H and O–H groups in total. The number of carboxylic acid groups (broad SMARTS) is 1. The highest BCUT2D eigenvalue weighted by atomic mass is 16.4. The number of amides is 1. The van der Waals surface area contributed by atoms with Gasteiger partial charge in [0.25, 0.3) is 0 Å². The molecule has 1 amide bonds. The summed E-state index contributed by atoms with van der Waals surface area (Å²) in [6, 6.07) is 7.13. The van der Waals surface area contributed by atoms with E-state index in [1.165, 1.54) is 0 Å². The standard InChI is InChI=1S/C21H29N3O3/c1-3-11-24-12-10-21(9-8-19(24)25)16-23(14-13-22(21)2)15-17-4-6-18(7-5-17)20(26)27/h3-7H,1,8-16H2,2H3,(H,26,27). The van der Waals surface area contributed by atoms with Gasteiger partial charge in [0.15, 0.2) is 0 Å². The fourth-order valence-electron chi connectivity index (χ4n) is 4.27. The van der Waals surface area contributed by atoms with E-state index >= 15 is 0 Å². The maximum Gasteiger partial charge on any atom is 0.335 e. The fourth-order valence-corrected chi connectivity index (χ4v) is 4.27. The second kappa shape index (κ2) is 8.23. The Kier molecular flexibility index (Phi) is 5.97. The van der Waals surface area contributed by atoms with E-state index in [1.807, 2.05) is 17.0 Å². The van der Waals surface area contributed by atoms with Gasteiger partial charge in [-0.25, -0.2) is 4.79 Å². The minimum Gasteiger partial charge on any atom is -0.478 e. The average Bonchev–Trinajstić information content (AvgIpc) is 2.80. The van der Waals surface area contributed by atoms with E-state index in [0.717, 1.165) is 51.1 Å². The largest absolute Gasteiger partial charge is 0.478 e. The summed E-state index contributed by atoms with van der Waals surface area (Å²) in [7, 11) is 2.17. The molecule has 0 saturated carbocycles. The second-order valence-electron chi connectivity index (χ2n) is 7.74. The molecule has 2 aliphatic rings. The third-order valence-electron chi connectivity index (χ3n) is 6.04. The summed E-state index contributed by atoms with van der Waals surface area (Å²) >= 11 is 0. The Bertz CT molecular complexity index is 703. The molecule has 1 atom stereocenters. The molecule has 1 aromatic rings. The average molecular weight is 371 g/mol. The molecule has 2 fully saturated rings. The molecule has 0 radical (unpaired) electrons. The minimum atomic E-state index is -0.896. The first-order valence-electron chi connectivity index (χ1n) is 9.58. The molecule has 6 heteroatoms. The Morgan fingerprint density at radius 3 is 2.63 bits per heavy atom. The molecule has 3 rings (SSSR count). The van der Waals surface area contributed by atoms with Gasteiger partial charge in [-0.3, -0.25) is 14.6 Å². The molecule has 1 unspecified atom stereocenters. The third kappa shape index (κ3) is 4.39. The first-order chi connectivity index (χ1) is 12.9. The van der Waals surface area contributed by atoms with Crippen LogP contribution in [-0.2, 0) is 11.3 Å². The third-order valence-corrected chi connectivity index (χ3v) is 6.04. The number of likely N-dealkylation sites (N-methyl/N-ethyl adjacent to an activating group) is 1. The van der Waals surface area contributed by atoms with Gasteiger partial charge in [-0.2, -0.15) is 0 Å². The topological polar surface area (TPSA) is 64.1 Å². The van der Waals surface area contributed by atoms with Crippen molar-refractivity contribution < 1.29 is 14.7 Å². The van der Waals surface area contributed by atoms with E-state index in [4.69, 9.17) is 5.11 Å². The molecule has 0 aromatic heterocycles. The quantitative estimate of drug-likeness (QED) is 0.803. The number of carboxylic acids is 1. The van der Waals surface area contributed by atoms with Crippen LogP contribution in [0.25, 0.3) is 0 Å². The molecule has 2 saturated heterocycles. The van der Waals surface area contributed by atoms with Crippen molar-refractivity contribution in [3.05, 3.63) is 48.0 Å². The van der Waals surface area contributed by atoms with Gasteiger partial charge in [-0.15, -0.1) is 6.58 Å². The Morgan fingerprint density at radius 1 is 1.22 bits per heavy atom. The number of rotatable bonds is 5. The maximum atomic E-state index is 12.4. The molecule has 2 aliphatic heterocycles. The molecule has 2 heterocycles. The van der Waals surface area contributed by atoms with Crippen molar-refractivity contribution in [1.82, 2.24) is 14.7 Å². The van der Waals surface area contributed by atoms with Crippen LogP contribution in [-0.4, -0.2) is 77.0 Å². The first-order valence-corrected chi connectivity index (χ1v) is 9.58. The SMILES string of the molecule is C=CCN1CCC2(CCC1=O)CN(Cc1ccc(C(=O)O)cc1)CCN2C. The molecule has 0 bridgehead atoms. The molecule has 1 spiro atoms. The van der Waals surface area contributed by atoms with Crippen LogP contribution in [0.3, 0.4) is 0 Å². The summed E-state index contributed by atoms with van der Waals surface area (Å²) in [5.74, 6) is -0.672. The lowest BCUT2D eigenvalue weighted by Crippen LogP contribution is -2.60. The molecule has 1 aromatic carbocycles. The first kappa shape index (κ1) is 19.6. The number of carbonyl (C=O) groups excluding carboxylic acids is 1. The van der Waals surface area contributed by atoms with Gasteiger partial charge in [0.1, 0.15) is 0 Å². The van der Waals surface area contributed by atoms with Crippen molar-refractivity contribution in [1.29, 1.82) is 0 Å². The fraction of sp³-hybridized carbons (Fsp3) is 0.524. The van der Waals surface area contributed by atoms with Gasteiger partial charge in [-0.1, -0.05) is 18.2 Å². The molecule has 6 nitrogen and oxygen atoms in total. The predicted octanol–water partition coefficient (Wildman–Crippen LogP) is 2.07. The van der Waals surface area contributed by atoms with Gasteiger partial charge in [0, 0.05) is 51.2 Å². The lowest BCUT2D eigenvalue weighted by atomic mass is 9.86. The lowest BCUT2D eigenvalue weighted by Gasteiger charge is -2.49. The number of piperazine rings is 1. The second-order valence-corrected chi connectivity index (χ2v) is 7.74. The Balaban J connectivity index is 1.69. The van der Waals surface area contributed by atoms with Crippen molar-refractivity contribution >= 4 is 11.9 Å². The van der Waals surface area contributed by atoms with Crippen LogP contribution < -0.4 is 0 Å². The normalized spacial score (nSPS) is 24.8. The summed E-state index contributed by atoms with van der Waals surface area (Å²) in [4.78, 5) is 30.2. The number of nitrogens with zero attached hydrogens (tertiary/aromatic N) is 3. The smallest absolute Gasteiger partial charge is 0.335 e. The zero-order chi connectivity index (χ0) is 19.4. The van der Waals surface area contributed by atoms with Gasteiger partial charge in [-0.05, 0) is 37.6 Å². The van der Waals surface area contributed by atoms with Crippen LogP contribution in [0.1, 0.15) is 35.2 Å². The minimum absolute atomic E-state index is 0.0187. The van der Waals surface area contributed by atoms with E-state index in [2.05, 4.69) is 23.4 Å². The van der Waals surface area contributed by atoms with E-state index in [0.29, 0.717) is 18.5 Å². The highest BCUT2D eigenvalue weighted by Gasteiger charge is 2.42. The van der Waals surface area contributed by atoms with Gasteiger partial charge < -0.3 is 10.0 Å². The Labute approximate surface area is 161 Å². The van der Waals surface area contributed by atoms with Crippen LogP contribution in [0.2, 0.25) is 0 Å². The number of hydrogen-bond acceptors (Lipinski definition) is 4. The molecule has 27 heavy (non-hydrogen) atoms. The van der Waals surface area contributed by atoms with Crippen LogP contribution in [0.4, 0.5) is 0 Å². The highest BCUT2D eigenvalue weighted by molar-refractivity contribution is 5.87. The number of carbonyl (C=O) groups is 2. The zero-order valence-corrected chi connectivity index (χ0v) is 16.1. The predicted molar refractivity (Wildman–Crippen MR) is 105 cm³/mol. The van der Waals surface area contributed by atoms with E-state index < -0.39 is 5.97 Å². The van der Waals surface area contributed by atoms with Crippen molar-refractivity contribution in [2.45, 2.75) is 31.3 Å². The zero-order valence-electron chi connectivity index (χ0n) is 16.1. The summed E-state index contributed by atoms with van der Waals surface area (Å²) < 4.78 is 0. The summed E-state index contributed by atoms with van der Waals surface area (Å²) in [6.45, 7) is 8.85. The van der Waals surface area contributed by atoms with Gasteiger partial charge in [0.2, 0.25) is 5.91 Å². The van der Waals surface area contributed by atoms with Crippen LogP contribution in [0, 0.1) is 0 Å². The summed E-state index contributed by atoms with van der Waals surface area (Å²) in [5, 5.41) is 9.05. The summed E-state index contributed by atoms with van der Waals surface area (Å²) in [5.41, 5.74) is 1.46. The van der Waals surface area contributed by atoms with Crippen molar-refractivity contribution in [2.75, 3.05) is 39.8 Å². The molecular formula is C21H29N3O3. The van der Waals surface area contributed by atoms with E-state index in [1.54, 1.807) is 18.2 Å². The Morgan fingerprint density at radius 2 is 1.96 bits per heavy atom. The number of aromatic carboxylic acids is 1. The number of likely N-dealkylation sites (tertiary alicyclic amines) is 1.